The van der Waals surface area contributed by atoms with Crippen molar-refractivity contribution in [3.8, 4) is 22.8 Å². The molecule has 2 N–H and O–H groups in total. The topological polar surface area (TPSA) is 110 Å². The van der Waals surface area contributed by atoms with Gasteiger partial charge in [-0.25, -0.2) is 4.79 Å². The summed E-state index contributed by atoms with van der Waals surface area (Å²) in [7, 11) is 1.35. The molecule has 98 valence electrons. The third kappa shape index (κ3) is 2.25. The maximum absolute atomic E-state index is 11.0. The number of carbonyl (C=O) groups excluding carboxylic acids is 1. The maximum atomic E-state index is 11.0. The molecule has 0 unspecified atom stereocenters. The van der Waals surface area contributed by atoms with Crippen molar-refractivity contribution in [3.05, 3.63) is 29.5 Å². The smallest absolute Gasteiger partial charge is 0.374 e. The summed E-state index contributed by atoms with van der Waals surface area (Å²) in [5, 5.41) is 22.0. The lowest BCUT2D eigenvalue weighted by Crippen LogP contribution is -1.93. The van der Waals surface area contributed by atoms with Crippen LogP contribution in [0.2, 0.25) is 0 Å². The van der Waals surface area contributed by atoms with Crippen molar-refractivity contribution in [2.24, 2.45) is 0 Å². The molecule has 0 atom stereocenters. The van der Waals surface area contributed by atoms with Crippen LogP contribution in [0.3, 0.4) is 0 Å². The van der Waals surface area contributed by atoms with E-state index in [4.69, 9.17) is 9.84 Å². The molecule has 2 rings (SSSR count). The summed E-state index contributed by atoms with van der Waals surface area (Å²) in [5.41, 5.74) is 0.585. The number of carboxylic acids is 1. The number of hydrogen-bond acceptors (Lipinski definition) is 6. The normalized spacial score (nSPS) is 10.2. The van der Waals surface area contributed by atoms with Gasteiger partial charge in [-0.05, 0) is 12.1 Å². The van der Waals surface area contributed by atoms with Crippen LogP contribution < -0.4 is 4.74 Å². The number of aromatic nitrogens is 1. The molecule has 0 spiro atoms. The number of aldehydes is 1. The predicted octanol–water partition coefficient (Wildman–Crippen LogP) is 1.57. The Balaban J connectivity index is 2.57. The number of carboxylic acid groups (broad SMARTS) is 1. The van der Waals surface area contributed by atoms with Crippen molar-refractivity contribution >= 4 is 12.3 Å². The van der Waals surface area contributed by atoms with Gasteiger partial charge in [-0.1, -0.05) is 5.16 Å². The van der Waals surface area contributed by atoms with E-state index in [0.29, 0.717) is 6.29 Å². The van der Waals surface area contributed by atoms with Crippen molar-refractivity contribution in [3.63, 3.8) is 0 Å². The first-order chi connectivity index (χ1) is 9.06. The Kier molecular flexibility index (Phi) is 3.19. The van der Waals surface area contributed by atoms with Crippen molar-refractivity contribution in [2.75, 3.05) is 7.11 Å². The van der Waals surface area contributed by atoms with Gasteiger partial charge in [0.15, 0.2) is 17.8 Å². The molecule has 1 aromatic heterocycles. The molecule has 2 aromatic rings. The predicted molar refractivity (Wildman–Crippen MR) is 62.5 cm³/mol. The SMILES string of the molecule is COc1cc(C=O)c(-c2cc(C(=O)O)on2)cc1O. The zero-order valence-electron chi connectivity index (χ0n) is 9.78. The van der Waals surface area contributed by atoms with E-state index in [2.05, 4.69) is 9.68 Å². The average Bonchev–Trinajstić information content (AvgIpc) is 2.88. The summed E-state index contributed by atoms with van der Waals surface area (Å²) < 4.78 is 9.47. The van der Waals surface area contributed by atoms with Crippen LogP contribution >= 0.6 is 0 Å². The second-order valence-electron chi connectivity index (χ2n) is 3.61. The minimum absolute atomic E-state index is 0.132. The van der Waals surface area contributed by atoms with Crippen LogP contribution in [0.1, 0.15) is 20.9 Å². The second-order valence-corrected chi connectivity index (χ2v) is 3.61. The van der Waals surface area contributed by atoms with Crippen LogP contribution in [-0.4, -0.2) is 34.7 Å². The van der Waals surface area contributed by atoms with Gasteiger partial charge in [0, 0.05) is 17.2 Å². The number of phenols is 1. The Morgan fingerprint density at radius 3 is 2.68 bits per heavy atom. The van der Waals surface area contributed by atoms with Gasteiger partial charge in [0.25, 0.3) is 0 Å². The van der Waals surface area contributed by atoms with Crippen LogP contribution in [0.4, 0.5) is 0 Å². The number of benzene rings is 1. The molecule has 0 saturated heterocycles. The highest BCUT2D eigenvalue weighted by Gasteiger charge is 2.17. The molecule has 0 aliphatic rings. The Hall–Kier alpha value is -2.83. The lowest BCUT2D eigenvalue weighted by molar-refractivity contribution is 0.0652. The first-order valence-corrected chi connectivity index (χ1v) is 5.13. The minimum atomic E-state index is -1.27. The highest BCUT2D eigenvalue weighted by atomic mass is 16.5. The van der Waals surface area contributed by atoms with Gasteiger partial charge in [0.1, 0.15) is 5.69 Å². The quantitative estimate of drug-likeness (QED) is 0.805. The third-order valence-electron chi connectivity index (χ3n) is 2.47. The number of nitrogens with zero attached hydrogens (tertiary/aromatic N) is 1. The van der Waals surface area contributed by atoms with E-state index in [1.54, 1.807) is 0 Å². The summed E-state index contributed by atoms with van der Waals surface area (Å²) in [6.07, 6.45) is 0.548. The first-order valence-electron chi connectivity index (χ1n) is 5.13. The summed E-state index contributed by atoms with van der Waals surface area (Å²) in [6.45, 7) is 0. The van der Waals surface area contributed by atoms with Crippen LogP contribution in [-0.2, 0) is 0 Å². The van der Waals surface area contributed by atoms with E-state index in [0.717, 1.165) is 6.07 Å². The molecular weight excluding hydrogens is 254 g/mol. The molecule has 7 heteroatoms. The van der Waals surface area contributed by atoms with Crippen molar-refractivity contribution in [1.82, 2.24) is 5.16 Å². The molecule has 0 aliphatic carbocycles. The lowest BCUT2D eigenvalue weighted by Gasteiger charge is -2.07. The molecule has 0 bridgehead atoms. The fourth-order valence-corrected chi connectivity index (χ4v) is 1.57. The summed E-state index contributed by atoms with van der Waals surface area (Å²) >= 11 is 0. The Morgan fingerprint density at radius 2 is 2.16 bits per heavy atom. The standard InChI is InChI=1S/C12H9NO6/c1-18-10-2-6(5-14)7(3-9(10)15)8-4-11(12(16)17)19-13-8/h2-5,15H,1H3,(H,16,17). The largest absolute Gasteiger partial charge is 0.504 e. The number of aromatic carboxylic acids is 1. The molecule has 0 aliphatic heterocycles. The van der Waals surface area contributed by atoms with E-state index in [9.17, 15) is 14.7 Å². The van der Waals surface area contributed by atoms with Gasteiger partial charge in [-0.2, -0.15) is 0 Å². The molecule has 0 saturated carbocycles. The number of carbonyl (C=O) groups is 2. The number of phenolic OH excluding ortho intramolecular Hbond substituents is 1. The number of ether oxygens (including phenoxy) is 1. The number of methoxy groups -OCH3 is 1. The maximum Gasteiger partial charge on any atom is 0.374 e. The number of aromatic hydroxyl groups is 1. The zero-order valence-corrected chi connectivity index (χ0v) is 9.78. The van der Waals surface area contributed by atoms with E-state index in [-0.39, 0.29) is 34.1 Å². The van der Waals surface area contributed by atoms with Gasteiger partial charge in [-0.3, -0.25) is 4.79 Å². The van der Waals surface area contributed by atoms with Crippen molar-refractivity contribution < 1.29 is 29.1 Å². The van der Waals surface area contributed by atoms with Gasteiger partial charge < -0.3 is 19.5 Å². The van der Waals surface area contributed by atoms with Crippen LogP contribution in [0, 0.1) is 0 Å². The first kappa shape index (κ1) is 12.6. The molecule has 0 amide bonds. The van der Waals surface area contributed by atoms with Gasteiger partial charge in [-0.15, -0.1) is 0 Å². The molecule has 19 heavy (non-hydrogen) atoms. The van der Waals surface area contributed by atoms with E-state index < -0.39 is 5.97 Å². The molecule has 1 heterocycles. The average molecular weight is 263 g/mol. The Bertz CT molecular complexity index is 646. The highest BCUT2D eigenvalue weighted by Crippen LogP contribution is 2.34. The fraction of sp³-hybridized carbons (Fsp3) is 0.0833. The van der Waals surface area contributed by atoms with Crippen LogP contribution in [0.25, 0.3) is 11.3 Å². The van der Waals surface area contributed by atoms with Crippen molar-refractivity contribution in [2.45, 2.75) is 0 Å². The van der Waals surface area contributed by atoms with Gasteiger partial charge in [0.05, 0.1) is 7.11 Å². The summed E-state index contributed by atoms with van der Waals surface area (Å²) in [4.78, 5) is 21.7. The molecule has 1 aromatic carbocycles. The van der Waals surface area contributed by atoms with Crippen molar-refractivity contribution in [1.29, 1.82) is 0 Å². The third-order valence-corrected chi connectivity index (χ3v) is 2.47. The van der Waals surface area contributed by atoms with Crippen LogP contribution in [0.15, 0.2) is 22.7 Å². The second kappa shape index (κ2) is 4.81. The monoisotopic (exact) mass is 263 g/mol. The Labute approximate surface area is 107 Å². The van der Waals surface area contributed by atoms with Gasteiger partial charge >= 0.3 is 5.97 Å². The molecular formula is C12H9NO6. The van der Waals surface area contributed by atoms with E-state index in [1.807, 2.05) is 0 Å². The highest BCUT2D eigenvalue weighted by molar-refractivity contribution is 5.90. The number of rotatable bonds is 4. The molecule has 0 fully saturated rings. The minimum Gasteiger partial charge on any atom is -0.504 e. The molecule has 7 nitrogen and oxygen atoms in total. The summed E-state index contributed by atoms with van der Waals surface area (Å²) in [5.74, 6) is -1.69. The van der Waals surface area contributed by atoms with Gasteiger partial charge in [0.2, 0.25) is 5.76 Å². The van der Waals surface area contributed by atoms with E-state index >= 15 is 0 Å². The fourth-order valence-electron chi connectivity index (χ4n) is 1.57. The number of hydrogen-bond donors (Lipinski definition) is 2. The van der Waals surface area contributed by atoms with E-state index in [1.165, 1.54) is 19.2 Å². The zero-order chi connectivity index (χ0) is 14.0. The molecule has 0 radical (unpaired) electrons. The van der Waals surface area contributed by atoms with Crippen LogP contribution in [0.5, 0.6) is 11.5 Å². The summed E-state index contributed by atoms with van der Waals surface area (Å²) in [6, 6.07) is 3.75. The lowest BCUT2D eigenvalue weighted by atomic mass is 10.0. The Morgan fingerprint density at radius 1 is 1.42 bits per heavy atom.